The highest BCUT2D eigenvalue weighted by atomic mass is 14.5. The molecule has 9 aromatic rings. The van der Waals surface area contributed by atoms with Crippen molar-refractivity contribution in [2.45, 2.75) is 105 Å². The van der Waals surface area contributed by atoms with Gasteiger partial charge in [-0.15, -0.1) is 0 Å². The largest absolute Gasteiger partial charge is 0.0622 e. The summed E-state index contributed by atoms with van der Waals surface area (Å²) in [5.74, 6) is 0.261. The van der Waals surface area contributed by atoms with Crippen LogP contribution in [0.3, 0.4) is 0 Å². The fraction of sp³-hybridized carbons (Fsp3) is 0.243. The molecule has 0 atom stereocenters. The average molecular weight is 957 g/mol. The Labute approximate surface area is 439 Å². The van der Waals surface area contributed by atoms with E-state index in [0.29, 0.717) is 0 Å². The van der Waals surface area contributed by atoms with Gasteiger partial charge in [-0.2, -0.15) is 0 Å². The molecule has 0 saturated carbocycles. The van der Waals surface area contributed by atoms with Gasteiger partial charge in [0.1, 0.15) is 0 Å². The van der Waals surface area contributed by atoms with Gasteiger partial charge < -0.3 is 0 Å². The minimum atomic E-state index is -0.0540. The van der Waals surface area contributed by atoms with Crippen molar-refractivity contribution < 1.29 is 0 Å². The topological polar surface area (TPSA) is 0 Å². The van der Waals surface area contributed by atoms with Gasteiger partial charge in [0.15, 0.2) is 0 Å². The monoisotopic (exact) mass is 957 g/mol. The Kier molecular flexibility index (Phi) is 10.1. The number of hydrogen-bond acceptors (Lipinski definition) is 0. The highest BCUT2D eigenvalue weighted by Gasteiger charge is 2.51. The van der Waals surface area contributed by atoms with Crippen molar-refractivity contribution in [3.8, 4) is 44.5 Å². The lowest BCUT2D eigenvalue weighted by Crippen LogP contribution is -2.18. The Balaban J connectivity index is 1.21. The van der Waals surface area contributed by atoms with Gasteiger partial charge in [-0.05, 0) is 177 Å². The second kappa shape index (κ2) is 16.1. The van der Waals surface area contributed by atoms with Crippen LogP contribution in [0.4, 0.5) is 0 Å². The summed E-state index contributed by atoms with van der Waals surface area (Å²) in [7, 11) is 0. The number of hydrogen-bond donors (Lipinski definition) is 0. The van der Waals surface area contributed by atoms with E-state index >= 15 is 0 Å². The molecule has 74 heavy (non-hydrogen) atoms. The standard InChI is InChI=1S/C74H68/c1-71(2,3)49-35-47(36-50(41-49)72(4,5)6)63-59-39-45-27-19-20-28-46(45)40-60(59)64(48-37-51(73(7,8)9)42-52(38-48)74(10,11)12)70-58-34-32-56-65-55(31-33-57(66(58)65)69(63)70)67-61(43-23-15-13-16-24-43)53-29-21-22-30-54(53)62(68(56)67)44-25-17-14-18-26-44/h13-42,65-66H,1-12H3. The van der Waals surface area contributed by atoms with E-state index < -0.39 is 0 Å². The molecule has 0 spiro atoms. The van der Waals surface area contributed by atoms with E-state index in [0.717, 1.165) is 0 Å². The maximum atomic E-state index is 2.57. The number of benzene rings is 9. The van der Waals surface area contributed by atoms with Gasteiger partial charge in [0.25, 0.3) is 0 Å². The molecule has 0 nitrogen and oxygen atoms in total. The van der Waals surface area contributed by atoms with Gasteiger partial charge in [-0.3, -0.25) is 0 Å². The summed E-state index contributed by atoms with van der Waals surface area (Å²) in [5.41, 5.74) is 27.2. The normalized spacial score (nSPS) is 17.0. The van der Waals surface area contributed by atoms with Crippen LogP contribution in [-0.4, -0.2) is 0 Å². The summed E-state index contributed by atoms with van der Waals surface area (Å²) in [4.78, 5) is 0. The molecule has 4 aliphatic rings. The van der Waals surface area contributed by atoms with Crippen LogP contribution in [0.5, 0.6) is 0 Å². The Morgan fingerprint density at radius 1 is 0.243 bits per heavy atom. The van der Waals surface area contributed by atoms with Crippen molar-refractivity contribution in [1.29, 1.82) is 0 Å². The van der Waals surface area contributed by atoms with Gasteiger partial charge in [0.05, 0.1) is 0 Å². The predicted molar refractivity (Wildman–Crippen MR) is 321 cm³/mol. The van der Waals surface area contributed by atoms with Gasteiger partial charge in [-0.25, -0.2) is 0 Å². The predicted octanol–water partition coefficient (Wildman–Crippen LogP) is 20.5. The zero-order chi connectivity index (χ0) is 51.4. The van der Waals surface area contributed by atoms with Gasteiger partial charge in [0.2, 0.25) is 0 Å². The molecule has 0 heteroatoms. The van der Waals surface area contributed by atoms with Gasteiger partial charge in [0, 0.05) is 11.8 Å². The molecule has 0 amide bonds. The summed E-state index contributed by atoms with van der Waals surface area (Å²) in [6.07, 6.45) is 10.3. The molecule has 0 unspecified atom stereocenters. The smallest absolute Gasteiger partial charge is 0.0212 e. The molecule has 4 aliphatic carbocycles. The third-order valence-corrected chi connectivity index (χ3v) is 17.1. The summed E-state index contributed by atoms with van der Waals surface area (Å²) in [5, 5.41) is 7.80. The van der Waals surface area contributed by atoms with Crippen LogP contribution in [0, 0.1) is 11.8 Å². The van der Waals surface area contributed by atoms with E-state index in [-0.39, 0.29) is 33.5 Å². The molecule has 9 aromatic carbocycles. The Morgan fingerprint density at radius 2 is 0.514 bits per heavy atom. The minimum Gasteiger partial charge on any atom is -0.0622 e. The van der Waals surface area contributed by atoms with Crippen molar-refractivity contribution in [3.63, 3.8) is 0 Å². The highest BCUT2D eigenvalue weighted by molar-refractivity contribution is 6.25. The lowest BCUT2D eigenvalue weighted by Gasteiger charge is -2.31. The number of fused-ring (bicyclic) bond motifs is 9. The lowest BCUT2D eigenvalue weighted by atomic mass is 9.71. The Bertz CT molecular complexity index is 3680. The number of rotatable bonds is 4. The van der Waals surface area contributed by atoms with E-state index in [2.05, 4.69) is 265 Å². The Morgan fingerprint density at radius 3 is 0.811 bits per heavy atom. The summed E-state index contributed by atoms with van der Waals surface area (Å²) < 4.78 is 0. The first-order chi connectivity index (χ1) is 35.3. The second-order valence-corrected chi connectivity index (χ2v) is 26.1. The van der Waals surface area contributed by atoms with Crippen molar-refractivity contribution in [2.75, 3.05) is 0 Å². The van der Waals surface area contributed by atoms with Gasteiger partial charge >= 0.3 is 0 Å². The van der Waals surface area contributed by atoms with E-state index in [1.165, 1.54) is 144 Å². The Hall–Kier alpha value is -7.28. The molecular weight excluding hydrogens is 889 g/mol. The van der Waals surface area contributed by atoms with Crippen LogP contribution in [-0.2, 0) is 21.7 Å². The molecule has 0 saturated heterocycles. The first kappa shape index (κ1) is 46.5. The maximum Gasteiger partial charge on any atom is 0.0212 e. The van der Waals surface area contributed by atoms with E-state index in [9.17, 15) is 0 Å². The molecular formula is C74H68. The third-order valence-electron chi connectivity index (χ3n) is 17.1. The van der Waals surface area contributed by atoms with Gasteiger partial charge in [-0.1, -0.05) is 253 Å². The molecule has 364 valence electrons. The fourth-order valence-corrected chi connectivity index (χ4v) is 13.2. The van der Waals surface area contributed by atoms with Crippen molar-refractivity contribution >= 4 is 54.6 Å². The third kappa shape index (κ3) is 7.08. The van der Waals surface area contributed by atoms with Crippen LogP contribution >= 0.6 is 0 Å². The van der Waals surface area contributed by atoms with Crippen LogP contribution in [0.25, 0.3) is 99.1 Å². The molecule has 0 N–H and O–H groups in total. The molecule has 0 aromatic heterocycles. The minimum absolute atomic E-state index is 0.0540. The van der Waals surface area contributed by atoms with Crippen LogP contribution in [0.15, 0.2) is 182 Å². The summed E-state index contributed by atoms with van der Waals surface area (Å²) >= 11 is 0. The zero-order valence-electron chi connectivity index (χ0n) is 45.5. The van der Waals surface area contributed by atoms with Crippen molar-refractivity contribution in [1.82, 2.24) is 0 Å². The zero-order valence-corrected chi connectivity index (χ0v) is 45.5. The molecule has 0 heterocycles. The quantitative estimate of drug-likeness (QED) is 0.154. The maximum absolute atomic E-state index is 2.57. The van der Waals surface area contributed by atoms with E-state index in [1.807, 2.05) is 0 Å². The highest BCUT2D eigenvalue weighted by Crippen LogP contribution is 2.69. The van der Waals surface area contributed by atoms with Crippen LogP contribution in [0.2, 0.25) is 0 Å². The molecule has 0 radical (unpaired) electrons. The van der Waals surface area contributed by atoms with Crippen LogP contribution < -0.4 is 0 Å². The molecule has 0 fully saturated rings. The molecule has 0 bridgehead atoms. The van der Waals surface area contributed by atoms with Crippen molar-refractivity contribution in [2.24, 2.45) is 11.8 Å². The summed E-state index contributed by atoms with van der Waals surface area (Å²) in [6, 6.07) is 60.9. The van der Waals surface area contributed by atoms with Crippen LogP contribution in [0.1, 0.15) is 128 Å². The average Bonchev–Trinajstić information content (AvgIpc) is 3.94. The fourth-order valence-electron chi connectivity index (χ4n) is 13.2. The first-order valence-corrected chi connectivity index (χ1v) is 27.2. The second-order valence-electron chi connectivity index (χ2n) is 26.1. The van der Waals surface area contributed by atoms with E-state index in [1.54, 1.807) is 0 Å². The molecule has 0 aliphatic heterocycles. The lowest BCUT2D eigenvalue weighted by molar-refractivity contribution is 0.568. The first-order valence-electron chi connectivity index (χ1n) is 27.2. The summed E-state index contributed by atoms with van der Waals surface area (Å²) in [6.45, 7) is 28.5. The molecule has 13 rings (SSSR count). The SMILES string of the molecule is CC(C)(C)c1cc(-c2c3c(c(-c4cc(C(C)(C)C)cc(C(C)(C)C)c4)c4cc5ccccc5cc24)C2=CC=C4c5c(c(-c6ccccc6)c6ccccc6c5-c5ccccc5)C5=CC=C3C2C54)cc(C(C)(C)C)c1. The van der Waals surface area contributed by atoms with Crippen molar-refractivity contribution in [3.05, 3.63) is 227 Å². The van der Waals surface area contributed by atoms with E-state index in [4.69, 9.17) is 0 Å². The number of allylic oxidation sites excluding steroid dienone is 8.